The van der Waals surface area contributed by atoms with Crippen molar-refractivity contribution >= 4 is 11.9 Å². The van der Waals surface area contributed by atoms with E-state index in [9.17, 15) is 4.79 Å². The Balaban J connectivity index is 2.44. The highest BCUT2D eigenvalue weighted by Gasteiger charge is 2.12. The number of hydrogen-bond acceptors (Lipinski definition) is 3. The van der Waals surface area contributed by atoms with Crippen molar-refractivity contribution in [1.82, 2.24) is 15.5 Å². The van der Waals surface area contributed by atoms with Gasteiger partial charge in [0.2, 0.25) is 5.91 Å². The van der Waals surface area contributed by atoms with Gasteiger partial charge in [-0.05, 0) is 12.5 Å². The van der Waals surface area contributed by atoms with Gasteiger partial charge in [-0.2, -0.15) is 0 Å². The lowest BCUT2D eigenvalue weighted by atomic mass is 10.2. The first-order valence-electron chi connectivity index (χ1n) is 7.46. The predicted octanol–water partition coefficient (Wildman–Crippen LogP) is 0.847. The Labute approximate surface area is 132 Å². The predicted molar refractivity (Wildman–Crippen MR) is 88.8 cm³/mol. The Morgan fingerprint density at radius 1 is 1.27 bits per heavy atom. The van der Waals surface area contributed by atoms with Gasteiger partial charge in [-0.3, -0.25) is 9.79 Å². The van der Waals surface area contributed by atoms with E-state index in [1.54, 1.807) is 14.2 Å². The number of aliphatic imine (C=N–C) groups is 1. The highest BCUT2D eigenvalue weighted by molar-refractivity contribution is 5.86. The van der Waals surface area contributed by atoms with E-state index in [1.807, 2.05) is 42.2 Å². The number of likely N-dealkylation sites (N-methyl/N-ethyl adjacent to an activating group) is 1. The van der Waals surface area contributed by atoms with E-state index >= 15 is 0 Å². The third-order valence-corrected chi connectivity index (χ3v) is 3.18. The standard InChI is InChI=1S/C16H26N4O2/c1-4-20(13-14-8-6-5-7-9-14)15(21)12-19-16(17-2)18-10-11-22-3/h5-9H,4,10-13H2,1-3H3,(H2,17,18,19). The molecule has 122 valence electrons. The SMILES string of the molecule is CCN(Cc1ccccc1)C(=O)CNC(=NC)NCCOC. The largest absolute Gasteiger partial charge is 0.383 e. The van der Waals surface area contributed by atoms with Crippen molar-refractivity contribution in [3.05, 3.63) is 35.9 Å². The van der Waals surface area contributed by atoms with E-state index in [0.29, 0.717) is 32.2 Å². The number of nitrogens with zero attached hydrogens (tertiary/aromatic N) is 2. The third-order valence-electron chi connectivity index (χ3n) is 3.18. The number of ether oxygens (including phenoxy) is 1. The Hall–Kier alpha value is -2.08. The van der Waals surface area contributed by atoms with Gasteiger partial charge in [-0.1, -0.05) is 30.3 Å². The molecule has 0 aliphatic heterocycles. The highest BCUT2D eigenvalue weighted by Crippen LogP contribution is 2.04. The van der Waals surface area contributed by atoms with Crippen LogP contribution in [0.1, 0.15) is 12.5 Å². The van der Waals surface area contributed by atoms with Gasteiger partial charge in [-0.25, -0.2) is 0 Å². The molecule has 0 radical (unpaired) electrons. The lowest BCUT2D eigenvalue weighted by Gasteiger charge is -2.22. The molecular weight excluding hydrogens is 280 g/mol. The van der Waals surface area contributed by atoms with Crippen molar-refractivity contribution in [2.75, 3.05) is 40.4 Å². The van der Waals surface area contributed by atoms with E-state index in [-0.39, 0.29) is 12.5 Å². The number of carbonyl (C=O) groups excluding carboxylic acids is 1. The molecule has 0 fully saturated rings. The van der Waals surface area contributed by atoms with Crippen molar-refractivity contribution in [3.8, 4) is 0 Å². The fourth-order valence-corrected chi connectivity index (χ4v) is 1.94. The van der Waals surface area contributed by atoms with Crippen molar-refractivity contribution in [2.24, 2.45) is 4.99 Å². The summed E-state index contributed by atoms with van der Waals surface area (Å²) in [7, 11) is 3.32. The second kappa shape index (κ2) is 10.6. The van der Waals surface area contributed by atoms with Crippen molar-refractivity contribution in [2.45, 2.75) is 13.5 Å². The molecule has 0 aliphatic rings. The molecule has 0 bridgehead atoms. The zero-order chi connectivity index (χ0) is 16.2. The summed E-state index contributed by atoms with van der Waals surface area (Å²) in [6.07, 6.45) is 0. The van der Waals surface area contributed by atoms with Crippen molar-refractivity contribution < 1.29 is 9.53 Å². The van der Waals surface area contributed by atoms with E-state index in [2.05, 4.69) is 15.6 Å². The van der Waals surface area contributed by atoms with Gasteiger partial charge in [0.25, 0.3) is 0 Å². The molecule has 0 saturated carbocycles. The van der Waals surface area contributed by atoms with Gasteiger partial charge >= 0.3 is 0 Å². The van der Waals surface area contributed by atoms with Crippen LogP contribution in [0.25, 0.3) is 0 Å². The van der Waals surface area contributed by atoms with E-state index in [1.165, 1.54) is 0 Å². The molecule has 1 aromatic rings. The second-order valence-electron chi connectivity index (χ2n) is 4.74. The number of benzene rings is 1. The monoisotopic (exact) mass is 306 g/mol. The Morgan fingerprint density at radius 3 is 2.59 bits per heavy atom. The number of guanidine groups is 1. The van der Waals surface area contributed by atoms with E-state index in [4.69, 9.17) is 4.74 Å². The summed E-state index contributed by atoms with van der Waals surface area (Å²) in [6.45, 7) is 4.72. The summed E-state index contributed by atoms with van der Waals surface area (Å²) >= 11 is 0. The van der Waals surface area contributed by atoms with Crippen molar-refractivity contribution in [3.63, 3.8) is 0 Å². The second-order valence-corrected chi connectivity index (χ2v) is 4.74. The molecule has 1 amide bonds. The zero-order valence-corrected chi connectivity index (χ0v) is 13.6. The van der Waals surface area contributed by atoms with Crippen molar-refractivity contribution in [1.29, 1.82) is 0 Å². The number of nitrogens with one attached hydrogen (secondary N) is 2. The summed E-state index contributed by atoms with van der Waals surface area (Å²) in [5.41, 5.74) is 1.13. The van der Waals surface area contributed by atoms with Crippen LogP contribution in [0.5, 0.6) is 0 Å². The van der Waals surface area contributed by atoms with Crippen LogP contribution in [0.3, 0.4) is 0 Å². The Morgan fingerprint density at radius 2 is 2.00 bits per heavy atom. The summed E-state index contributed by atoms with van der Waals surface area (Å²) in [6, 6.07) is 9.98. The van der Waals surface area contributed by atoms with Gasteiger partial charge < -0.3 is 20.3 Å². The van der Waals surface area contributed by atoms with E-state index in [0.717, 1.165) is 5.56 Å². The zero-order valence-electron chi connectivity index (χ0n) is 13.6. The molecule has 2 N–H and O–H groups in total. The number of amides is 1. The van der Waals surface area contributed by atoms with Gasteiger partial charge in [0, 0.05) is 33.8 Å². The van der Waals surface area contributed by atoms with Crippen LogP contribution in [0, 0.1) is 0 Å². The molecule has 6 nitrogen and oxygen atoms in total. The molecule has 0 spiro atoms. The Bertz CT molecular complexity index is 462. The summed E-state index contributed by atoms with van der Waals surface area (Å²) in [4.78, 5) is 18.2. The minimum Gasteiger partial charge on any atom is -0.383 e. The molecule has 22 heavy (non-hydrogen) atoms. The first-order valence-corrected chi connectivity index (χ1v) is 7.46. The number of methoxy groups -OCH3 is 1. The molecule has 0 atom stereocenters. The van der Waals surface area contributed by atoms with Crippen LogP contribution in [-0.2, 0) is 16.1 Å². The lowest BCUT2D eigenvalue weighted by molar-refractivity contribution is -0.130. The average molecular weight is 306 g/mol. The van der Waals surface area contributed by atoms with E-state index < -0.39 is 0 Å². The van der Waals surface area contributed by atoms with Gasteiger partial charge in [0.05, 0.1) is 13.2 Å². The maximum Gasteiger partial charge on any atom is 0.242 e. The van der Waals surface area contributed by atoms with Crippen LogP contribution in [0.4, 0.5) is 0 Å². The molecule has 0 unspecified atom stereocenters. The average Bonchev–Trinajstić information content (AvgIpc) is 2.56. The molecule has 1 rings (SSSR count). The minimum atomic E-state index is 0.0426. The normalized spacial score (nSPS) is 11.1. The topological polar surface area (TPSA) is 66.0 Å². The maximum atomic E-state index is 12.3. The van der Waals surface area contributed by atoms with Crippen LogP contribution < -0.4 is 10.6 Å². The van der Waals surface area contributed by atoms with Gasteiger partial charge in [0.1, 0.15) is 0 Å². The van der Waals surface area contributed by atoms with Crippen LogP contribution >= 0.6 is 0 Å². The lowest BCUT2D eigenvalue weighted by Crippen LogP contribution is -2.45. The summed E-state index contributed by atoms with van der Waals surface area (Å²) < 4.78 is 4.96. The molecule has 1 aromatic carbocycles. The first-order chi connectivity index (χ1) is 10.7. The molecule has 0 heterocycles. The minimum absolute atomic E-state index is 0.0426. The number of hydrogen-bond donors (Lipinski definition) is 2. The fraction of sp³-hybridized carbons (Fsp3) is 0.500. The van der Waals surface area contributed by atoms with Crippen LogP contribution in [0.15, 0.2) is 35.3 Å². The van der Waals surface area contributed by atoms with Crippen LogP contribution in [-0.4, -0.2) is 57.2 Å². The first kappa shape index (κ1) is 18.0. The smallest absolute Gasteiger partial charge is 0.242 e. The highest BCUT2D eigenvalue weighted by atomic mass is 16.5. The number of carbonyl (C=O) groups is 1. The molecule has 6 heteroatoms. The molecule has 0 aromatic heterocycles. The molecular formula is C16H26N4O2. The quantitative estimate of drug-likeness (QED) is 0.424. The summed E-state index contributed by atoms with van der Waals surface area (Å²) in [5.74, 6) is 0.641. The fourth-order valence-electron chi connectivity index (χ4n) is 1.94. The molecule has 0 saturated heterocycles. The Kier molecular flexibility index (Phi) is 8.67. The van der Waals surface area contributed by atoms with Gasteiger partial charge in [-0.15, -0.1) is 0 Å². The summed E-state index contributed by atoms with van der Waals surface area (Å²) in [5, 5.41) is 6.10. The third kappa shape index (κ3) is 6.58. The van der Waals surface area contributed by atoms with Crippen LogP contribution in [0.2, 0.25) is 0 Å². The van der Waals surface area contributed by atoms with Gasteiger partial charge in [0.15, 0.2) is 5.96 Å². The molecule has 0 aliphatic carbocycles. The number of rotatable bonds is 8. The maximum absolute atomic E-state index is 12.3.